The van der Waals surface area contributed by atoms with Crippen molar-refractivity contribution in [3.63, 3.8) is 0 Å². The largest absolute Gasteiger partial charge is 0.393 e. The van der Waals surface area contributed by atoms with Gasteiger partial charge < -0.3 is 4.74 Å². The van der Waals surface area contributed by atoms with Crippen LogP contribution in [0.3, 0.4) is 0 Å². The molecule has 0 aliphatic carbocycles. The first-order valence-electron chi connectivity index (χ1n) is 7.97. The first kappa shape index (κ1) is 15.7. The van der Waals surface area contributed by atoms with Gasteiger partial charge in [-0.2, -0.15) is 0 Å². The van der Waals surface area contributed by atoms with Crippen molar-refractivity contribution in [2.75, 3.05) is 0 Å². The maximum atomic E-state index is 11.7. The second-order valence-corrected chi connectivity index (χ2v) is 5.81. The Morgan fingerprint density at radius 1 is 1.05 bits per heavy atom. The molecule has 0 radical (unpaired) electrons. The van der Waals surface area contributed by atoms with Crippen LogP contribution >= 0.6 is 0 Å². The van der Waals surface area contributed by atoms with Gasteiger partial charge in [0.15, 0.2) is 0 Å². The van der Waals surface area contributed by atoms with Gasteiger partial charge in [0.05, 0.1) is 11.8 Å². The fourth-order valence-corrected chi connectivity index (χ4v) is 3.27. The molecule has 3 nitrogen and oxygen atoms in total. The lowest BCUT2D eigenvalue weighted by molar-refractivity contribution is -0.153. The molecule has 114 valence electrons. The Kier molecular flexibility index (Phi) is 5.54. The minimum Gasteiger partial charge on any atom is -0.393 e. The van der Waals surface area contributed by atoms with Crippen molar-refractivity contribution in [1.29, 1.82) is 0 Å². The van der Waals surface area contributed by atoms with Crippen LogP contribution in [0.25, 0.3) is 0 Å². The molecule has 2 rings (SSSR count). The van der Waals surface area contributed by atoms with Gasteiger partial charge in [0, 0.05) is 0 Å². The monoisotopic (exact) mass is 288 g/mol. The summed E-state index contributed by atoms with van der Waals surface area (Å²) in [5.74, 6) is -0.577. The van der Waals surface area contributed by atoms with Crippen LogP contribution in [-0.2, 0) is 14.3 Å². The molecular weight excluding hydrogens is 264 g/mol. The Morgan fingerprint density at radius 2 is 1.71 bits per heavy atom. The number of benzene rings is 1. The van der Waals surface area contributed by atoms with Gasteiger partial charge in [-0.1, -0.05) is 50.6 Å². The lowest BCUT2D eigenvalue weighted by Crippen LogP contribution is -2.17. The molecule has 0 N–H and O–H groups in total. The van der Waals surface area contributed by atoms with Crippen molar-refractivity contribution in [2.45, 2.75) is 51.9 Å². The molecule has 0 spiro atoms. The molecule has 1 aliphatic rings. The molecule has 0 saturated carbocycles. The van der Waals surface area contributed by atoms with E-state index in [0.717, 1.165) is 25.7 Å². The molecule has 1 saturated heterocycles. The number of ether oxygens (including phenoxy) is 1. The van der Waals surface area contributed by atoms with Crippen LogP contribution in [0.5, 0.6) is 0 Å². The van der Waals surface area contributed by atoms with Crippen molar-refractivity contribution in [2.24, 2.45) is 11.8 Å². The van der Waals surface area contributed by atoms with Crippen molar-refractivity contribution in [1.82, 2.24) is 0 Å². The normalized spacial score (nSPS) is 23.1. The molecule has 1 aliphatic heterocycles. The minimum absolute atomic E-state index is 0.226. The topological polar surface area (TPSA) is 43.4 Å². The second-order valence-electron chi connectivity index (χ2n) is 5.81. The van der Waals surface area contributed by atoms with Crippen molar-refractivity contribution >= 4 is 11.9 Å². The summed E-state index contributed by atoms with van der Waals surface area (Å²) in [6.45, 7) is 4.14. The van der Waals surface area contributed by atoms with Crippen molar-refractivity contribution in [3.05, 3.63) is 35.9 Å². The Hall–Kier alpha value is -1.64. The van der Waals surface area contributed by atoms with E-state index in [0.29, 0.717) is 12.3 Å². The number of cyclic esters (lactones) is 2. The lowest BCUT2D eigenvalue weighted by Gasteiger charge is -2.17. The molecule has 3 heteroatoms. The average molecular weight is 288 g/mol. The highest BCUT2D eigenvalue weighted by molar-refractivity contribution is 5.96. The number of hydrogen-bond acceptors (Lipinski definition) is 3. The summed E-state index contributed by atoms with van der Waals surface area (Å²) >= 11 is 0. The van der Waals surface area contributed by atoms with E-state index in [1.54, 1.807) is 0 Å². The molecule has 1 aromatic rings. The maximum absolute atomic E-state index is 11.7. The van der Waals surface area contributed by atoms with Gasteiger partial charge in [-0.25, -0.2) is 0 Å². The molecule has 1 fully saturated rings. The first-order chi connectivity index (χ1) is 10.2. The van der Waals surface area contributed by atoms with Crippen LogP contribution in [0, 0.1) is 11.8 Å². The van der Waals surface area contributed by atoms with Gasteiger partial charge in [-0.05, 0) is 37.2 Å². The molecule has 21 heavy (non-hydrogen) atoms. The zero-order chi connectivity index (χ0) is 15.2. The van der Waals surface area contributed by atoms with E-state index in [2.05, 4.69) is 31.2 Å². The first-order valence-corrected chi connectivity index (χ1v) is 7.97. The smallest absolute Gasteiger partial charge is 0.317 e. The van der Waals surface area contributed by atoms with Gasteiger partial charge in [0.25, 0.3) is 0 Å². The third kappa shape index (κ3) is 3.72. The summed E-state index contributed by atoms with van der Waals surface area (Å²) in [6.07, 6.45) is 4.54. The summed E-state index contributed by atoms with van der Waals surface area (Å²) < 4.78 is 4.77. The predicted octanol–water partition coefficient (Wildman–Crippen LogP) is 4.08. The minimum atomic E-state index is -0.331. The van der Waals surface area contributed by atoms with Crippen LogP contribution in [0.1, 0.15) is 57.4 Å². The molecular formula is C18H24O3. The highest BCUT2D eigenvalue weighted by atomic mass is 16.6. The molecule has 0 amide bonds. The van der Waals surface area contributed by atoms with Crippen LogP contribution < -0.4 is 0 Å². The number of carbonyl (C=O) groups is 2. The van der Waals surface area contributed by atoms with E-state index in [1.165, 1.54) is 5.56 Å². The third-order valence-electron chi connectivity index (χ3n) is 4.56. The van der Waals surface area contributed by atoms with Gasteiger partial charge in [-0.3, -0.25) is 9.59 Å². The third-order valence-corrected chi connectivity index (χ3v) is 4.56. The summed E-state index contributed by atoms with van der Waals surface area (Å²) in [4.78, 5) is 23.3. The fourth-order valence-electron chi connectivity index (χ4n) is 3.27. The molecule has 0 bridgehead atoms. The van der Waals surface area contributed by atoms with Crippen LogP contribution in [-0.4, -0.2) is 11.9 Å². The lowest BCUT2D eigenvalue weighted by atomic mass is 9.85. The van der Waals surface area contributed by atoms with Crippen LogP contribution in [0.15, 0.2) is 30.3 Å². The number of carbonyl (C=O) groups excluding carboxylic acids is 2. The standard InChI is InChI=1S/C18H24O3/c1-3-13(14-9-6-5-7-10-14)11-8-12-16-15(4-2)17(19)21-18(16)20/h5-7,9-10,13,15-16H,3-4,8,11-12H2,1-2H3. The second kappa shape index (κ2) is 7.39. The Labute approximate surface area is 126 Å². The Bertz CT molecular complexity index is 480. The number of esters is 2. The highest BCUT2D eigenvalue weighted by Gasteiger charge is 2.42. The van der Waals surface area contributed by atoms with E-state index in [-0.39, 0.29) is 23.8 Å². The fraction of sp³-hybridized carbons (Fsp3) is 0.556. The average Bonchev–Trinajstić information content (AvgIpc) is 2.78. The molecule has 1 aromatic carbocycles. The quantitative estimate of drug-likeness (QED) is 0.561. The maximum Gasteiger partial charge on any atom is 0.317 e. The summed E-state index contributed by atoms with van der Waals surface area (Å²) in [5.41, 5.74) is 1.36. The molecule has 3 atom stereocenters. The summed E-state index contributed by atoms with van der Waals surface area (Å²) in [6, 6.07) is 10.5. The molecule has 3 unspecified atom stereocenters. The number of hydrogen-bond donors (Lipinski definition) is 0. The van der Waals surface area contributed by atoms with E-state index in [1.807, 2.05) is 13.0 Å². The van der Waals surface area contributed by atoms with Crippen molar-refractivity contribution in [3.8, 4) is 0 Å². The van der Waals surface area contributed by atoms with E-state index < -0.39 is 0 Å². The summed E-state index contributed by atoms with van der Waals surface area (Å²) in [5, 5.41) is 0. The van der Waals surface area contributed by atoms with Gasteiger partial charge in [-0.15, -0.1) is 0 Å². The summed E-state index contributed by atoms with van der Waals surface area (Å²) in [7, 11) is 0. The van der Waals surface area contributed by atoms with E-state index in [9.17, 15) is 9.59 Å². The van der Waals surface area contributed by atoms with Crippen LogP contribution in [0.2, 0.25) is 0 Å². The van der Waals surface area contributed by atoms with Crippen LogP contribution in [0.4, 0.5) is 0 Å². The van der Waals surface area contributed by atoms with Gasteiger partial charge in [0.1, 0.15) is 0 Å². The SMILES string of the molecule is CCC(CCCC1C(=O)OC(=O)C1CC)c1ccccc1. The molecule has 0 aromatic heterocycles. The van der Waals surface area contributed by atoms with Gasteiger partial charge >= 0.3 is 11.9 Å². The zero-order valence-corrected chi connectivity index (χ0v) is 12.9. The Morgan fingerprint density at radius 3 is 2.33 bits per heavy atom. The van der Waals surface area contributed by atoms with E-state index >= 15 is 0 Å². The zero-order valence-electron chi connectivity index (χ0n) is 12.9. The number of rotatable bonds is 7. The van der Waals surface area contributed by atoms with Crippen molar-refractivity contribution < 1.29 is 14.3 Å². The predicted molar refractivity (Wildman–Crippen MR) is 81.7 cm³/mol. The Balaban J connectivity index is 1.88. The highest BCUT2D eigenvalue weighted by Crippen LogP contribution is 2.32. The van der Waals surface area contributed by atoms with E-state index in [4.69, 9.17) is 4.74 Å². The molecule has 1 heterocycles. The van der Waals surface area contributed by atoms with Gasteiger partial charge in [0.2, 0.25) is 0 Å².